The van der Waals surface area contributed by atoms with E-state index in [-0.39, 0.29) is 11.9 Å². The molecule has 1 aliphatic rings. The smallest absolute Gasteiger partial charge is 0.253 e. The molecule has 0 radical (unpaired) electrons. The maximum atomic E-state index is 12.9. The van der Waals surface area contributed by atoms with E-state index in [9.17, 15) is 4.79 Å². The van der Waals surface area contributed by atoms with Gasteiger partial charge in [0, 0.05) is 37.7 Å². The molecule has 1 saturated heterocycles. The Morgan fingerprint density at radius 1 is 1.11 bits per heavy atom. The third kappa shape index (κ3) is 4.23. The number of carbonyl (C=O) groups is 1. The molecule has 138 valence electrons. The fourth-order valence-electron chi connectivity index (χ4n) is 3.58. The Balaban J connectivity index is 1.43. The number of pyridine rings is 1. The van der Waals surface area contributed by atoms with Crippen LogP contribution in [-0.2, 0) is 6.54 Å². The van der Waals surface area contributed by atoms with Gasteiger partial charge in [-0.25, -0.2) is 4.68 Å². The fraction of sp³-hybridized carbons (Fsp3) is 0.286. The lowest BCUT2D eigenvalue weighted by Gasteiger charge is -2.33. The minimum absolute atomic E-state index is 0.0502. The summed E-state index contributed by atoms with van der Waals surface area (Å²) in [6.07, 6.45) is 7.45. The molecule has 0 aliphatic carbocycles. The average Bonchev–Trinajstić information content (AvgIpc) is 3.24. The number of hydrogen-bond donors (Lipinski definition) is 1. The lowest BCUT2D eigenvalue weighted by atomic mass is 10.0. The molecular weight excluding hydrogens is 338 g/mol. The first-order valence-corrected chi connectivity index (χ1v) is 9.32. The summed E-state index contributed by atoms with van der Waals surface area (Å²) < 4.78 is 1.73. The molecule has 2 aromatic heterocycles. The van der Waals surface area contributed by atoms with E-state index in [1.165, 1.54) is 0 Å². The topological polar surface area (TPSA) is 63.1 Å². The molecule has 0 saturated carbocycles. The number of carbonyl (C=O) groups excluding carboxylic acids is 1. The minimum Gasteiger partial charge on any atom is -0.348 e. The van der Waals surface area contributed by atoms with Crippen molar-refractivity contribution in [3.63, 3.8) is 0 Å². The van der Waals surface area contributed by atoms with Crippen molar-refractivity contribution < 1.29 is 4.79 Å². The molecule has 27 heavy (non-hydrogen) atoms. The quantitative estimate of drug-likeness (QED) is 0.759. The van der Waals surface area contributed by atoms with Crippen molar-refractivity contribution in [1.82, 2.24) is 25.0 Å². The Morgan fingerprint density at radius 3 is 2.81 bits per heavy atom. The van der Waals surface area contributed by atoms with Gasteiger partial charge in [-0.05, 0) is 49.7 Å². The third-order valence-electron chi connectivity index (χ3n) is 4.85. The number of para-hydroxylation sites is 1. The van der Waals surface area contributed by atoms with Crippen LogP contribution in [0.4, 0.5) is 0 Å². The molecule has 1 fully saturated rings. The molecule has 6 heteroatoms. The molecule has 0 bridgehead atoms. The van der Waals surface area contributed by atoms with Crippen LogP contribution in [0.2, 0.25) is 0 Å². The summed E-state index contributed by atoms with van der Waals surface area (Å²) in [7, 11) is 0. The Morgan fingerprint density at radius 2 is 2.00 bits per heavy atom. The van der Waals surface area contributed by atoms with Crippen molar-refractivity contribution in [1.29, 1.82) is 0 Å². The first-order chi connectivity index (χ1) is 13.3. The summed E-state index contributed by atoms with van der Waals surface area (Å²) in [6.45, 7) is 2.69. The number of rotatable bonds is 5. The molecule has 4 rings (SSSR count). The van der Waals surface area contributed by atoms with Gasteiger partial charge in [0.25, 0.3) is 5.91 Å². The summed E-state index contributed by atoms with van der Waals surface area (Å²) in [6, 6.07) is 15.5. The highest BCUT2D eigenvalue weighted by atomic mass is 16.1. The largest absolute Gasteiger partial charge is 0.348 e. The van der Waals surface area contributed by atoms with Crippen LogP contribution < -0.4 is 5.32 Å². The van der Waals surface area contributed by atoms with E-state index in [0.29, 0.717) is 5.56 Å². The zero-order chi connectivity index (χ0) is 18.5. The number of piperidine rings is 1. The number of nitrogens with one attached hydrogen (secondary N) is 1. The number of aromatic nitrogens is 3. The lowest BCUT2D eigenvalue weighted by molar-refractivity contribution is 0.0900. The van der Waals surface area contributed by atoms with Crippen LogP contribution >= 0.6 is 0 Å². The van der Waals surface area contributed by atoms with Gasteiger partial charge in [-0.1, -0.05) is 18.2 Å². The van der Waals surface area contributed by atoms with Crippen molar-refractivity contribution in [3.05, 3.63) is 78.4 Å². The van der Waals surface area contributed by atoms with Crippen LogP contribution in [-0.4, -0.2) is 44.7 Å². The molecule has 3 aromatic rings. The monoisotopic (exact) mass is 361 g/mol. The SMILES string of the molecule is O=C(NC1CCCN(Cc2ccccn2)C1)c1ccccc1-n1cccn1. The first-order valence-electron chi connectivity index (χ1n) is 9.32. The van der Waals surface area contributed by atoms with Gasteiger partial charge in [0.2, 0.25) is 0 Å². The summed E-state index contributed by atoms with van der Waals surface area (Å²) in [5.74, 6) is -0.0502. The second kappa shape index (κ2) is 8.14. The van der Waals surface area contributed by atoms with Crippen LogP contribution in [0.25, 0.3) is 5.69 Å². The molecule has 0 spiro atoms. The molecule has 1 atom stereocenters. The van der Waals surface area contributed by atoms with E-state index in [2.05, 4.69) is 20.3 Å². The van der Waals surface area contributed by atoms with Gasteiger partial charge in [0.1, 0.15) is 0 Å². The molecule has 1 amide bonds. The van der Waals surface area contributed by atoms with Gasteiger partial charge in [-0.15, -0.1) is 0 Å². The van der Waals surface area contributed by atoms with E-state index in [1.807, 2.05) is 60.9 Å². The number of amides is 1. The summed E-state index contributed by atoms with van der Waals surface area (Å²) in [5, 5.41) is 7.47. The van der Waals surface area contributed by atoms with Crippen LogP contribution in [0.5, 0.6) is 0 Å². The van der Waals surface area contributed by atoms with Crippen LogP contribution in [0.1, 0.15) is 28.9 Å². The average molecular weight is 361 g/mol. The van der Waals surface area contributed by atoms with E-state index in [0.717, 1.165) is 43.9 Å². The second-order valence-electron chi connectivity index (χ2n) is 6.84. The van der Waals surface area contributed by atoms with Crippen molar-refractivity contribution in [2.75, 3.05) is 13.1 Å². The minimum atomic E-state index is -0.0502. The summed E-state index contributed by atoms with van der Waals surface area (Å²) >= 11 is 0. The van der Waals surface area contributed by atoms with Gasteiger partial charge in [-0.3, -0.25) is 14.7 Å². The van der Waals surface area contributed by atoms with Gasteiger partial charge in [-0.2, -0.15) is 5.10 Å². The van der Waals surface area contributed by atoms with E-state index in [1.54, 1.807) is 10.9 Å². The second-order valence-corrected chi connectivity index (χ2v) is 6.84. The Hall–Kier alpha value is -2.99. The van der Waals surface area contributed by atoms with E-state index in [4.69, 9.17) is 0 Å². The van der Waals surface area contributed by atoms with Gasteiger partial charge in [0.15, 0.2) is 0 Å². The molecule has 1 aliphatic heterocycles. The maximum absolute atomic E-state index is 12.9. The lowest BCUT2D eigenvalue weighted by Crippen LogP contribution is -2.47. The highest BCUT2D eigenvalue weighted by Gasteiger charge is 2.23. The number of likely N-dealkylation sites (tertiary alicyclic amines) is 1. The maximum Gasteiger partial charge on any atom is 0.253 e. The van der Waals surface area contributed by atoms with Crippen molar-refractivity contribution in [3.8, 4) is 5.69 Å². The number of nitrogens with zero attached hydrogens (tertiary/aromatic N) is 4. The highest BCUT2D eigenvalue weighted by molar-refractivity contribution is 5.97. The summed E-state index contributed by atoms with van der Waals surface area (Å²) in [5.41, 5.74) is 2.50. The van der Waals surface area contributed by atoms with E-state index < -0.39 is 0 Å². The normalized spacial score (nSPS) is 17.6. The molecular formula is C21H23N5O. The van der Waals surface area contributed by atoms with Gasteiger partial charge in [0.05, 0.1) is 16.9 Å². The Bertz CT molecular complexity index is 879. The Kier molecular flexibility index (Phi) is 5.25. The van der Waals surface area contributed by atoms with Crippen LogP contribution in [0.15, 0.2) is 67.1 Å². The molecule has 1 unspecified atom stereocenters. The van der Waals surface area contributed by atoms with Gasteiger partial charge < -0.3 is 5.32 Å². The van der Waals surface area contributed by atoms with Crippen LogP contribution in [0, 0.1) is 0 Å². The molecule has 6 nitrogen and oxygen atoms in total. The fourth-order valence-corrected chi connectivity index (χ4v) is 3.58. The zero-order valence-electron chi connectivity index (χ0n) is 15.2. The van der Waals surface area contributed by atoms with Gasteiger partial charge >= 0.3 is 0 Å². The van der Waals surface area contributed by atoms with Crippen molar-refractivity contribution >= 4 is 5.91 Å². The van der Waals surface area contributed by atoms with Crippen LogP contribution in [0.3, 0.4) is 0 Å². The summed E-state index contributed by atoms with van der Waals surface area (Å²) in [4.78, 5) is 19.7. The first kappa shape index (κ1) is 17.4. The highest BCUT2D eigenvalue weighted by Crippen LogP contribution is 2.16. The van der Waals surface area contributed by atoms with E-state index >= 15 is 0 Å². The van der Waals surface area contributed by atoms with Crippen molar-refractivity contribution in [2.24, 2.45) is 0 Å². The molecule has 3 heterocycles. The standard InChI is InChI=1S/C21H23N5O/c27-21(19-9-1-2-10-20(19)26-14-6-12-23-26)24-18-8-5-13-25(16-18)15-17-7-3-4-11-22-17/h1-4,6-7,9-12,14,18H,5,8,13,15-16H2,(H,24,27). The zero-order valence-corrected chi connectivity index (χ0v) is 15.2. The molecule has 1 aromatic carbocycles. The van der Waals surface area contributed by atoms with Crippen molar-refractivity contribution in [2.45, 2.75) is 25.4 Å². The number of hydrogen-bond acceptors (Lipinski definition) is 4. The predicted octanol–water partition coefficient (Wildman–Crippen LogP) is 2.66. The third-order valence-corrected chi connectivity index (χ3v) is 4.85. The molecule has 1 N–H and O–H groups in total. The Labute approximate surface area is 158 Å². The predicted molar refractivity (Wildman–Crippen MR) is 104 cm³/mol. The number of benzene rings is 1.